The number of benzene rings is 1. The second-order valence-electron chi connectivity index (χ2n) is 4.78. The number of primary amides is 1. The molecule has 0 bridgehead atoms. The number of rotatable bonds is 5. The zero-order valence-corrected chi connectivity index (χ0v) is 12.0. The first-order chi connectivity index (χ1) is 9.65. The Balaban J connectivity index is 2.25. The summed E-state index contributed by atoms with van der Waals surface area (Å²) >= 11 is 0. The highest BCUT2D eigenvalue weighted by Crippen LogP contribution is 2.35. The Kier molecular flexibility index (Phi) is 4.84. The van der Waals surface area contributed by atoms with Gasteiger partial charge in [-0.15, -0.1) is 0 Å². The maximum atomic E-state index is 11.3. The summed E-state index contributed by atoms with van der Waals surface area (Å²) in [6, 6.07) is 6.65. The molecule has 1 atom stereocenters. The summed E-state index contributed by atoms with van der Waals surface area (Å²) < 4.78 is 11.4. The van der Waals surface area contributed by atoms with Crippen molar-refractivity contribution in [2.45, 2.75) is 32.9 Å². The van der Waals surface area contributed by atoms with Gasteiger partial charge in [-0.3, -0.25) is 9.69 Å². The molecular weight excluding hydrogens is 256 g/mol. The molecule has 1 radical (unpaired) electrons. The van der Waals surface area contributed by atoms with Gasteiger partial charge in [-0.1, -0.05) is 13.8 Å². The van der Waals surface area contributed by atoms with Crippen molar-refractivity contribution < 1.29 is 14.3 Å². The number of ether oxygens (including phenoxy) is 2. The Morgan fingerprint density at radius 2 is 2.20 bits per heavy atom. The van der Waals surface area contributed by atoms with Gasteiger partial charge in [0.15, 0.2) is 17.6 Å². The molecular formula is C15H21N2O3. The number of carbonyl (C=O) groups is 1. The van der Waals surface area contributed by atoms with Crippen LogP contribution in [0.25, 0.3) is 0 Å². The van der Waals surface area contributed by atoms with E-state index in [4.69, 9.17) is 15.2 Å². The predicted molar refractivity (Wildman–Crippen MR) is 75.6 cm³/mol. The summed E-state index contributed by atoms with van der Waals surface area (Å²) in [5.74, 6) is 0.797. The lowest BCUT2D eigenvalue weighted by Gasteiger charge is -2.20. The number of hydrogen-bond acceptors (Lipinski definition) is 4. The number of nitrogens with zero attached hydrogens (tertiary/aromatic N) is 1. The fraction of sp³-hybridized carbons (Fsp3) is 0.533. The summed E-state index contributed by atoms with van der Waals surface area (Å²) in [6.45, 7) is 7.37. The van der Waals surface area contributed by atoms with Crippen LogP contribution in [0.15, 0.2) is 12.1 Å². The van der Waals surface area contributed by atoms with E-state index in [0.717, 1.165) is 25.2 Å². The molecule has 109 valence electrons. The first kappa shape index (κ1) is 14.7. The van der Waals surface area contributed by atoms with Gasteiger partial charge in [-0.2, -0.15) is 0 Å². The number of carbonyl (C=O) groups excluding carboxylic acids is 1. The second-order valence-corrected chi connectivity index (χ2v) is 4.78. The molecule has 1 heterocycles. The van der Waals surface area contributed by atoms with Crippen LogP contribution in [-0.2, 0) is 11.3 Å². The third-order valence-corrected chi connectivity index (χ3v) is 3.49. The first-order valence-electron chi connectivity index (χ1n) is 6.99. The van der Waals surface area contributed by atoms with Crippen LogP contribution in [0.5, 0.6) is 11.5 Å². The van der Waals surface area contributed by atoms with Crippen molar-refractivity contribution in [2.24, 2.45) is 5.73 Å². The molecule has 1 aromatic rings. The molecule has 0 fully saturated rings. The largest absolute Gasteiger partial charge is 0.489 e. The van der Waals surface area contributed by atoms with Crippen LogP contribution in [0.4, 0.5) is 0 Å². The number of amides is 1. The molecule has 0 aromatic heterocycles. The third kappa shape index (κ3) is 3.22. The zero-order chi connectivity index (χ0) is 14.5. The van der Waals surface area contributed by atoms with E-state index in [1.807, 2.05) is 6.07 Å². The fourth-order valence-corrected chi connectivity index (χ4v) is 2.24. The summed E-state index contributed by atoms with van der Waals surface area (Å²) in [6.07, 6.45) is -0.164. The van der Waals surface area contributed by atoms with Crippen LogP contribution < -0.4 is 15.2 Å². The summed E-state index contributed by atoms with van der Waals surface area (Å²) in [5.41, 5.74) is 6.34. The topological polar surface area (TPSA) is 64.8 Å². The van der Waals surface area contributed by atoms with Crippen LogP contribution >= 0.6 is 0 Å². The predicted octanol–water partition coefficient (Wildman–Crippen LogP) is 1.34. The lowest BCUT2D eigenvalue weighted by atomic mass is 10.1. The van der Waals surface area contributed by atoms with E-state index < -0.39 is 12.0 Å². The van der Waals surface area contributed by atoms with Gasteiger partial charge in [0, 0.05) is 18.5 Å². The van der Waals surface area contributed by atoms with Gasteiger partial charge in [0.2, 0.25) is 0 Å². The smallest absolute Gasteiger partial charge is 0.258 e. The van der Waals surface area contributed by atoms with Crippen molar-refractivity contribution in [1.82, 2.24) is 4.90 Å². The van der Waals surface area contributed by atoms with Crippen molar-refractivity contribution in [2.75, 3.05) is 19.7 Å². The van der Waals surface area contributed by atoms with Gasteiger partial charge in [-0.25, -0.2) is 0 Å². The van der Waals surface area contributed by atoms with Crippen molar-refractivity contribution >= 4 is 5.91 Å². The molecule has 0 aliphatic carbocycles. The summed E-state index contributed by atoms with van der Waals surface area (Å²) in [5, 5.41) is 0. The first-order valence-corrected chi connectivity index (χ1v) is 6.99. The van der Waals surface area contributed by atoms with Crippen molar-refractivity contribution in [3.63, 3.8) is 0 Å². The van der Waals surface area contributed by atoms with E-state index in [1.165, 1.54) is 0 Å². The van der Waals surface area contributed by atoms with Gasteiger partial charge >= 0.3 is 0 Å². The summed E-state index contributed by atoms with van der Waals surface area (Å²) in [4.78, 5) is 13.6. The van der Waals surface area contributed by atoms with E-state index in [9.17, 15) is 4.79 Å². The maximum absolute atomic E-state index is 11.3. The molecule has 1 unspecified atom stereocenters. The molecule has 2 N–H and O–H groups in total. The standard InChI is InChI=1S/C15H21N2O3/c1-3-17(4-2)10-11-6-5-7-12-14(11)19-9-8-13(20-12)15(16)18/h6-7,13H,3-4,8-10H2,1-2H3,(H2,16,18). The van der Waals surface area contributed by atoms with Crippen LogP contribution in [0.3, 0.4) is 0 Å². The summed E-state index contributed by atoms with van der Waals surface area (Å²) in [7, 11) is 0. The van der Waals surface area contributed by atoms with Crippen LogP contribution in [0, 0.1) is 6.07 Å². The van der Waals surface area contributed by atoms with E-state index in [-0.39, 0.29) is 0 Å². The molecule has 0 spiro atoms. The van der Waals surface area contributed by atoms with E-state index in [1.54, 1.807) is 6.07 Å². The molecule has 1 aromatic carbocycles. The third-order valence-electron chi connectivity index (χ3n) is 3.49. The Labute approximate surface area is 119 Å². The van der Waals surface area contributed by atoms with Gasteiger partial charge in [0.25, 0.3) is 5.91 Å². The van der Waals surface area contributed by atoms with Gasteiger partial charge in [-0.05, 0) is 31.3 Å². The van der Waals surface area contributed by atoms with E-state index >= 15 is 0 Å². The minimum Gasteiger partial charge on any atom is -0.489 e. The molecule has 5 nitrogen and oxygen atoms in total. The minimum absolute atomic E-state index is 0.426. The SMILES string of the molecule is CCN(CC)Cc1c[c]cc2c1OCCC(C(N)=O)O2. The molecule has 5 heteroatoms. The van der Waals surface area contributed by atoms with E-state index in [2.05, 4.69) is 24.8 Å². The minimum atomic E-state index is -0.631. The lowest BCUT2D eigenvalue weighted by Crippen LogP contribution is -2.33. The Morgan fingerprint density at radius 3 is 2.85 bits per heavy atom. The Morgan fingerprint density at radius 1 is 1.45 bits per heavy atom. The lowest BCUT2D eigenvalue weighted by molar-refractivity contribution is -0.124. The molecule has 20 heavy (non-hydrogen) atoms. The van der Waals surface area contributed by atoms with Gasteiger partial charge in [0.1, 0.15) is 0 Å². The van der Waals surface area contributed by atoms with Crippen molar-refractivity contribution in [3.05, 3.63) is 23.8 Å². The van der Waals surface area contributed by atoms with Gasteiger partial charge in [0.05, 0.1) is 6.61 Å². The average Bonchev–Trinajstić information content (AvgIpc) is 2.67. The zero-order valence-electron chi connectivity index (χ0n) is 12.0. The molecule has 2 rings (SSSR count). The number of hydrogen-bond donors (Lipinski definition) is 1. The van der Waals surface area contributed by atoms with E-state index in [0.29, 0.717) is 24.5 Å². The molecule has 0 saturated heterocycles. The molecule has 1 aliphatic rings. The quantitative estimate of drug-likeness (QED) is 0.882. The van der Waals surface area contributed by atoms with Crippen LogP contribution in [0.2, 0.25) is 0 Å². The number of fused-ring (bicyclic) bond motifs is 1. The molecule has 0 saturated carbocycles. The fourth-order valence-electron chi connectivity index (χ4n) is 2.24. The number of nitrogens with two attached hydrogens (primary N) is 1. The Hall–Kier alpha value is -1.75. The maximum Gasteiger partial charge on any atom is 0.258 e. The van der Waals surface area contributed by atoms with Gasteiger partial charge < -0.3 is 15.2 Å². The average molecular weight is 277 g/mol. The second kappa shape index (κ2) is 6.61. The Bertz CT molecular complexity index is 472. The van der Waals surface area contributed by atoms with Crippen molar-refractivity contribution in [3.8, 4) is 11.5 Å². The highest BCUT2D eigenvalue weighted by molar-refractivity contribution is 5.79. The highest BCUT2D eigenvalue weighted by atomic mass is 16.5. The normalized spacial score (nSPS) is 17.9. The van der Waals surface area contributed by atoms with Crippen LogP contribution in [0.1, 0.15) is 25.8 Å². The van der Waals surface area contributed by atoms with Crippen molar-refractivity contribution in [1.29, 1.82) is 0 Å². The molecule has 1 amide bonds. The monoisotopic (exact) mass is 277 g/mol. The highest BCUT2D eigenvalue weighted by Gasteiger charge is 2.24. The molecule has 1 aliphatic heterocycles. The van der Waals surface area contributed by atoms with Crippen LogP contribution in [-0.4, -0.2) is 36.6 Å².